The van der Waals surface area contributed by atoms with Gasteiger partial charge in [0.05, 0.1) is 5.69 Å². The molecule has 3 rings (SSSR count). The van der Waals surface area contributed by atoms with Crippen molar-refractivity contribution < 1.29 is 4.39 Å². The number of hydrogen-bond acceptors (Lipinski definition) is 4. The summed E-state index contributed by atoms with van der Waals surface area (Å²) in [5.74, 6) is 0.615. The maximum absolute atomic E-state index is 13.2. The molecule has 4 nitrogen and oxygen atoms in total. The Bertz CT molecular complexity index is 701. The van der Waals surface area contributed by atoms with Gasteiger partial charge in [0.15, 0.2) is 5.82 Å². The van der Waals surface area contributed by atoms with Gasteiger partial charge in [-0.2, -0.15) is 0 Å². The molecule has 1 aliphatic heterocycles. The smallest absolute Gasteiger partial charge is 0.151 e. The molecule has 23 heavy (non-hydrogen) atoms. The van der Waals surface area contributed by atoms with Crippen molar-refractivity contribution in [3.63, 3.8) is 0 Å². The molecule has 1 aromatic heterocycles. The maximum Gasteiger partial charge on any atom is 0.151 e. The molecule has 1 saturated heterocycles. The molecule has 1 fully saturated rings. The van der Waals surface area contributed by atoms with E-state index in [0.29, 0.717) is 6.04 Å². The van der Waals surface area contributed by atoms with Gasteiger partial charge in [0.25, 0.3) is 0 Å². The third-order valence-electron chi connectivity index (χ3n) is 4.41. The predicted octanol–water partition coefficient (Wildman–Crippen LogP) is 3.41. The molecule has 1 atom stereocenters. The minimum absolute atomic E-state index is 0.226. The quantitative estimate of drug-likeness (QED) is 0.942. The first-order valence-corrected chi connectivity index (χ1v) is 8.09. The number of likely N-dealkylation sites (N-methyl/N-ethyl adjacent to an activating group) is 1. The molecule has 0 radical (unpaired) electrons. The lowest BCUT2D eigenvalue weighted by atomic mass is 10.0. The van der Waals surface area contributed by atoms with E-state index in [1.807, 2.05) is 19.9 Å². The molecule has 2 aromatic rings. The minimum atomic E-state index is -0.226. The fraction of sp³-hybridized carbons (Fsp3) is 0.444. The van der Waals surface area contributed by atoms with Crippen LogP contribution in [0.5, 0.6) is 0 Å². The number of hydrogen-bond donors (Lipinski definition) is 1. The van der Waals surface area contributed by atoms with E-state index >= 15 is 0 Å². The fourth-order valence-corrected chi connectivity index (χ4v) is 3.15. The summed E-state index contributed by atoms with van der Waals surface area (Å²) in [4.78, 5) is 2.33. The van der Waals surface area contributed by atoms with Crippen molar-refractivity contribution in [3.8, 4) is 11.3 Å². The van der Waals surface area contributed by atoms with Gasteiger partial charge >= 0.3 is 0 Å². The average Bonchev–Trinajstić information content (AvgIpc) is 2.49. The first-order chi connectivity index (χ1) is 11.0. The Morgan fingerprint density at radius 1 is 1.17 bits per heavy atom. The monoisotopic (exact) mass is 314 g/mol. The SMILES string of the molecule is Cc1cc(F)ccc1-c1cc(C)c(N[C@@H]2CCCN(C)C2)nn1. The Kier molecular flexibility index (Phi) is 4.57. The Labute approximate surface area is 136 Å². The second kappa shape index (κ2) is 6.62. The molecule has 0 unspecified atom stereocenters. The first-order valence-electron chi connectivity index (χ1n) is 8.09. The number of piperidine rings is 1. The molecule has 0 aliphatic carbocycles. The summed E-state index contributed by atoms with van der Waals surface area (Å²) in [6, 6.07) is 7.18. The van der Waals surface area contributed by atoms with Crippen molar-refractivity contribution in [2.45, 2.75) is 32.7 Å². The van der Waals surface area contributed by atoms with Gasteiger partial charge in [0.2, 0.25) is 0 Å². The summed E-state index contributed by atoms with van der Waals surface area (Å²) in [6.45, 7) is 6.11. The van der Waals surface area contributed by atoms with E-state index in [9.17, 15) is 4.39 Å². The number of anilines is 1. The zero-order chi connectivity index (χ0) is 16.4. The highest BCUT2D eigenvalue weighted by Crippen LogP contribution is 2.25. The first kappa shape index (κ1) is 15.9. The van der Waals surface area contributed by atoms with Crippen LogP contribution in [0.1, 0.15) is 24.0 Å². The molecule has 0 amide bonds. The number of halogens is 1. The minimum Gasteiger partial charge on any atom is -0.364 e. The molecule has 5 heteroatoms. The summed E-state index contributed by atoms with van der Waals surface area (Å²) in [7, 11) is 2.15. The Morgan fingerprint density at radius 2 is 2.00 bits per heavy atom. The van der Waals surface area contributed by atoms with E-state index in [1.54, 1.807) is 6.07 Å². The molecule has 0 bridgehead atoms. The van der Waals surface area contributed by atoms with Crippen LogP contribution in [0, 0.1) is 19.7 Å². The molecule has 0 spiro atoms. The number of nitrogens with one attached hydrogen (secondary N) is 1. The van der Waals surface area contributed by atoms with E-state index < -0.39 is 0 Å². The average molecular weight is 314 g/mol. The maximum atomic E-state index is 13.2. The number of aromatic nitrogens is 2. The van der Waals surface area contributed by atoms with Gasteiger partial charge in [0.1, 0.15) is 5.82 Å². The number of rotatable bonds is 3. The van der Waals surface area contributed by atoms with Crippen LogP contribution in [0.2, 0.25) is 0 Å². The molecule has 1 N–H and O–H groups in total. The molecule has 0 saturated carbocycles. The van der Waals surface area contributed by atoms with Crippen molar-refractivity contribution in [3.05, 3.63) is 41.2 Å². The van der Waals surface area contributed by atoms with Crippen LogP contribution in [0.25, 0.3) is 11.3 Å². The summed E-state index contributed by atoms with van der Waals surface area (Å²) < 4.78 is 13.2. The standard InChI is InChI=1S/C18H23FN4/c1-12-9-14(19)6-7-16(12)17-10-13(2)18(22-21-17)20-15-5-4-8-23(3)11-15/h6-7,9-10,15H,4-5,8,11H2,1-3H3,(H,20,22)/t15-/m1/s1. The van der Waals surface area contributed by atoms with Crippen molar-refractivity contribution in [1.29, 1.82) is 0 Å². The van der Waals surface area contributed by atoms with E-state index in [4.69, 9.17) is 0 Å². The third kappa shape index (κ3) is 3.67. The van der Waals surface area contributed by atoms with Gasteiger partial charge in [-0.3, -0.25) is 0 Å². The number of aryl methyl sites for hydroxylation is 2. The highest BCUT2D eigenvalue weighted by Gasteiger charge is 2.18. The van der Waals surface area contributed by atoms with Gasteiger partial charge in [-0.05, 0) is 75.7 Å². The Balaban J connectivity index is 1.80. The second-order valence-corrected chi connectivity index (χ2v) is 6.47. The molecular weight excluding hydrogens is 291 g/mol. The molecule has 1 aliphatic rings. The summed E-state index contributed by atoms with van der Waals surface area (Å²) in [5.41, 5.74) is 3.64. The highest BCUT2D eigenvalue weighted by molar-refractivity contribution is 5.65. The lowest BCUT2D eigenvalue weighted by Gasteiger charge is -2.30. The van der Waals surface area contributed by atoms with Gasteiger partial charge in [-0.15, -0.1) is 10.2 Å². The molecular formula is C18H23FN4. The molecule has 2 heterocycles. The van der Waals surface area contributed by atoms with Crippen LogP contribution in [0.3, 0.4) is 0 Å². The van der Waals surface area contributed by atoms with E-state index in [2.05, 4.69) is 27.5 Å². The Hall–Kier alpha value is -2.01. The van der Waals surface area contributed by atoms with Crippen molar-refractivity contribution in [2.24, 2.45) is 0 Å². The van der Waals surface area contributed by atoms with Crippen LogP contribution in [0.4, 0.5) is 10.2 Å². The normalized spacial score (nSPS) is 18.9. The van der Waals surface area contributed by atoms with Gasteiger partial charge in [-0.1, -0.05) is 0 Å². The zero-order valence-electron chi connectivity index (χ0n) is 13.9. The third-order valence-corrected chi connectivity index (χ3v) is 4.41. The van der Waals surface area contributed by atoms with E-state index in [-0.39, 0.29) is 5.82 Å². The van der Waals surface area contributed by atoms with Gasteiger partial charge in [0, 0.05) is 18.2 Å². The van der Waals surface area contributed by atoms with Crippen LogP contribution in [0.15, 0.2) is 24.3 Å². The largest absolute Gasteiger partial charge is 0.364 e. The van der Waals surface area contributed by atoms with Crippen LogP contribution in [-0.2, 0) is 0 Å². The number of likely N-dealkylation sites (tertiary alicyclic amines) is 1. The van der Waals surface area contributed by atoms with Crippen molar-refractivity contribution >= 4 is 5.82 Å². The van der Waals surface area contributed by atoms with Crippen molar-refractivity contribution in [2.75, 3.05) is 25.5 Å². The lowest BCUT2D eigenvalue weighted by molar-refractivity contribution is 0.260. The summed E-state index contributed by atoms with van der Waals surface area (Å²) >= 11 is 0. The zero-order valence-corrected chi connectivity index (χ0v) is 13.9. The summed E-state index contributed by atoms with van der Waals surface area (Å²) in [5, 5.41) is 12.2. The van der Waals surface area contributed by atoms with Crippen LogP contribution >= 0.6 is 0 Å². The molecule has 1 aromatic carbocycles. The highest BCUT2D eigenvalue weighted by atomic mass is 19.1. The van der Waals surface area contributed by atoms with Gasteiger partial charge < -0.3 is 10.2 Å². The fourth-order valence-electron chi connectivity index (χ4n) is 3.15. The van der Waals surface area contributed by atoms with Crippen molar-refractivity contribution in [1.82, 2.24) is 15.1 Å². The van der Waals surface area contributed by atoms with E-state index in [0.717, 1.165) is 47.7 Å². The summed E-state index contributed by atoms with van der Waals surface area (Å²) in [6.07, 6.45) is 2.36. The topological polar surface area (TPSA) is 41.0 Å². The second-order valence-electron chi connectivity index (χ2n) is 6.47. The number of benzene rings is 1. The Morgan fingerprint density at radius 3 is 2.70 bits per heavy atom. The van der Waals surface area contributed by atoms with Crippen LogP contribution < -0.4 is 5.32 Å². The van der Waals surface area contributed by atoms with Gasteiger partial charge in [-0.25, -0.2) is 4.39 Å². The lowest BCUT2D eigenvalue weighted by Crippen LogP contribution is -2.40. The molecule has 122 valence electrons. The predicted molar refractivity (Wildman–Crippen MR) is 91.0 cm³/mol. The number of nitrogens with zero attached hydrogens (tertiary/aromatic N) is 3. The van der Waals surface area contributed by atoms with E-state index in [1.165, 1.54) is 18.6 Å². The van der Waals surface area contributed by atoms with Crippen LogP contribution in [-0.4, -0.2) is 41.3 Å².